The van der Waals surface area contributed by atoms with Crippen molar-refractivity contribution in [2.24, 2.45) is 0 Å². The lowest BCUT2D eigenvalue weighted by Crippen LogP contribution is -2.53. The lowest BCUT2D eigenvalue weighted by molar-refractivity contribution is 0.141. The van der Waals surface area contributed by atoms with E-state index >= 15 is 0 Å². The molecule has 0 aliphatic carbocycles. The molecule has 1 aliphatic heterocycles. The smallest absolute Gasteiger partial charge is 0.317 e. The number of phenols is 1. The van der Waals surface area contributed by atoms with Crippen molar-refractivity contribution in [2.75, 3.05) is 32.7 Å². The van der Waals surface area contributed by atoms with E-state index in [0.717, 1.165) is 44.7 Å². The molecule has 1 saturated heterocycles. The molecule has 0 spiro atoms. The number of piperazine rings is 1. The van der Waals surface area contributed by atoms with Gasteiger partial charge in [0.1, 0.15) is 5.75 Å². The molecular weight excluding hydrogens is 266 g/mol. The van der Waals surface area contributed by atoms with E-state index in [0.29, 0.717) is 0 Å². The first-order valence-electron chi connectivity index (χ1n) is 7.64. The average molecular weight is 291 g/mol. The first-order valence-corrected chi connectivity index (χ1v) is 7.64. The van der Waals surface area contributed by atoms with Crippen LogP contribution >= 0.6 is 0 Å². The van der Waals surface area contributed by atoms with Gasteiger partial charge in [0.05, 0.1) is 0 Å². The number of carbonyl (C=O) groups excluding carboxylic acids is 1. The molecule has 2 rings (SSSR count). The molecule has 1 fully saturated rings. The van der Waals surface area contributed by atoms with E-state index in [-0.39, 0.29) is 17.8 Å². The Morgan fingerprint density at radius 1 is 1.24 bits per heavy atom. The van der Waals surface area contributed by atoms with Gasteiger partial charge in [-0.05, 0) is 37.6 Å². The fourth-order valence-corrected chi connectivity index (χ4v) is 2.61. The standard InChI is InChI=1S/C16H25N3O2/c1-3-18-8-10-19(11-9-18)16(21)17-13(2)12-14-4-6-15(20)7-5-14/h4-7,13,20H,3,8-12H2,1-2H3,(H,17,21). The molecule has 0 aromatic heterocycles. The summed E-state index contributed by atoms with van der Waals surface area (Å²) >= 11 is 0. The number of carbonyl (C=O) groups is 1. The molecule has 2 amide bonds. The van der Waals surface area contributed by atoms with Crippen LogP contribution in [0, 0.1) is 0 Å². The van der Waals surface area contributed by atoms with Gasteiger partial charge in [-0.25, -0.2) is 4.79 Å². The Hall–Kier alpha value is -1.75. The molecule has 0 saturated carbocycles. The van der Waals surface area contributed by atoms with E-state index in [1.807, 2.05) is 24.0 Å². The topological polar surface area (TPSA) is 55.8 Å². The fourth-order valence-electron chi connectivity index (χ4n) is 2.61. The van der Waals surface area contributed by atoms with Crippen LogP contribution in [0.15, 0.2) is 24.3 Å². The Morgan fingerprint density at radius 3 is 2.43 bits per heavy atom. The zero-order chi connectivity index (χ0) is 15.2. The number of nitrogens with one attached hydrogen (secondary N) is 1. The Labute approximate surface area is 126 Å². The third kappa shape index (κ3) is 4.63. The number of hydrogen-bond donors (Lipinski definition) is 2. The SMILES string of the molecule is CCN1CCN(C(=O)NC(C)Cc2ccc(O)cc2)CC1. The van der Waals surface area contributed by atoms with Crippen molar-refractivity contribution in [2.45, 2.75) is 26.3 Å². The molecule has 1 aromatic rings. The summed E-state index contributed by atoms with van der Waals surface area (Å²) in [6.07, 6.45) is 0.765. The number of urea groups is 1. The number of likely N-dealkylation sites (N-methyl/N-ethyl adjacent to an activating group) is 1. The van der Waals surface area contributed by atoms with Crippen LogP contribution in [-0.2, 0) is 6.42 Å². The minimum absolute atomic E-state index is 0.0250. The lowest BCUT2D eigenvalue weighted by atomic mass is 10.1. The summed E-state index contributed by atoms with van der Waals surface area (Å²) in [6, 6.07) is 7.22. The first kappa shape index (κ1) is 15.6. The number of benzene rings is 1. The van der Waals surface area contributed by atoms with Gasteiger partial charge in [0, 0.05) is 32.2 Å². The zero-order valence-corrected chi connectivity index (χ0v) is 12.9. The third-order valence-corrected chi connectivity index (χ3v) is 3.95. The lowest BCUT2D eigenvalue weighted by Gasteiger charge is -2.34. The largest absolute Gasteiger partial charge is 0.508 e. The average Bonchev–Trinajstić information content (AvgIpc) is 2.49. The number of aromatic hydroxyl groups is 1. The van der Waals surface area contributed by atoms with Gasteiger partial charge in [-0.1, -0.05) is 19.1 Å². The molecule has 1 aromatic carbocycles. The highest BCUT2D eigenvalue weighted by Gasteiger charge is 2.21. The number of nitrogens with zero attached hydrogens (tertiary/aromatic N) is 2. The quantitative estimate of drug-likeness (QED) is 0.887. The van der Waals surface area contributed by atoms with Crippen molar-refractivity contribution >= 4 is 6.03 Å². The molecular formula is C16H25N3O2. The van der Waals surface area contributed by atoms with Crippen LogP contribution in [0.1, 0.15) is 19.4 Å². The van der Waals surface area contributed by atoms with Crippen LogP contribution in [0.4, 0.5) is 4.79 Å². The number of amides is 2. The van der Waals surface area contributed by atoms with Crippen molar-refractivity contribution in [1.29, 1.82) is 0 Å². The van der Waals surface area contributed by atoms with Crippen LogP contribution in [0.25, 0.3) is 0 Å². The number of phenolic OH excluding ortho intramolecular Hbond substituents is 1. The van der Waals surface area contributed by atoms with Crippen LogP contribution in [0.3, 0.4) is 0 Å². The monoisotopic (exact) mass is 291 g/mol. The summed E-state index contributed by atoms with van der Waals surface area (Å²) in [5.41, 5.74) is 1.11. The van der Waals surface area contributed by atoms with Gasteiger partial charge < -0.3 is 20.2 Å². The van der Waals surface area contributed by atoms with E-state index in [2.05, 4.69) is 17.1 Å². The summed E-state index contributed by atoms with van der Waals surface area (Å²) in [7, 11) is 0. The van der Waals surface area contributed by atoms with E-state index in [9.17, 15) is 9.90 Å². The molecule has 1 atom stereocenters. The highest BCUT2D eigenvalue weighted by Crippen LogP contribution is 2.11. The van der Waals surface area contributed by atoms with Gasteiger partial charge in [0.15, 0.2) is 0 Å². The summed E-state index contributed by atoms with van der Waals surface area (Å²) < 4.78 is 0. The Bertz CT molecular complexity index is 453. The van der Waals surface area contributed by atoms with Crippen molar-refractivity contribution in [1.82, 2.24) is 15.1 Å². The molecule has 1 unspecified atom stereocenters. The summed E-state index contributed by atoms with van der Waals surface area (Å²) in [5, 5.41) is 12.3. The van der Waals surface area contributed by atoms with Crippen molar-refractivity contribution in [3.05, 3.63) is 29.8 Å². The van der Waals surface area contributed by atoms with E-state index in [4.69, 9.17) is 0 Å². The van der Waals surface area contributed by atoms with Crippen LogP contribution in [-0.4, -0.2) is 59.7 Å². The number of rotatable bonds is 4. The van der Waals surface area contributed by atoms with E-state index < -0.39 is 0 Å². The van der Waals surface area contributed by atoms with E-state index in [1.165, 1.54) is 0 Å². The Kier molecular flexibility index (Phi) is 5.44. The first-order chi connectivity index (χ1) is 10.1. The van der Waals surface area contributed by atoms with E-state index in [1.54, 1.807) is 12.1 Å². The molecule has 5 heteroatoms. The van der Waals surface area contributed by atoms with Crippen molar-refractivity contribution < 1.29 is 9.90 Å². The zero-order valence-electron chi connectivity index (χ0n) is 12.9. The van der Waals surface area contributed by atoms with Crippen LogP contribution in [0.5, 0.6) is 5.75 Å². The molecule has 0 radical (unpaired) electrons. The van der Waals surface area contributed by atoms with Gasteiger partial charge in [-0.15, -0.1) is 0 Å². The van der Waals surface area contributed by atoms with Gasteiger partial charge >= 0.3 is 6.03 Å². The summed E-state index contributed by atoms with van der Waals surface area (Å²) in [4.78, 5) is 16.4. The molecule has 0 bridgehead atoms. The Morgan fingerprint density at radius 2 is 1.86 bits per heavy atom. The van der Waals surface area contributed by atoms with Crippen LogP contribution < -0.4 is 5.32 Å². The molecule has 1 heterocycles. The molecule has 1 aliphatic rings. The normalized spacial score (nSPS) is 17.5. The third-order valence-electron chi connectivity index (χ3n) is 3.95. The van der Waals surface area contributed by atoms with Gasteiger partial charge in [0.2, 0.25) is 0 Å². The molecule has 116 valence electrons. The Balaban J connectivity index is 1.78. The maximum atomic E-state index is 12.2. The maximum Gasteiger partial charge on any atom is 0.317 e. The predicted molar refractivity (Wildman–Crippen MR) is 83.5 cm³/mol. The molecule has 2 N–H and O–H groups in total. The van der Waals surface area contributed by atoms with Crippen molar-refractivity contribution in [3.8, 4) is 5.75 Å². The summed E-state index contributed by atoms with van der Waals surface area (Å²) in [6.45, 7) is 8.71. The van der Waals surface area contributed by atoms with Crippen LogP contribution in [0.2, 0.25) is 0 Å². The minimum Gasteiger partial charge on any atom is -0.508 e. The van der Waals surface area contributed by atoms with Gasteiger partial charge in [-0.2, -0.15) is 0 Å². The highest BCUT2D eigenvalue weighted by molar-refractivity contribution is 5.74. The second-order valence-corrected chi connectivity index (χ2v) is 5.64. The number of hydrogen-bond acceptors (Lipinski definition) is 3. The highest BCUT2D eigenvalue weighted by atomic mass is 16.3. The maximum absolute atomic E-state index is 12.2. The van der Waals surface area contributed by atoms with Gasteiger partial charge in [0.25, 0.3) is 0 Å². The van der Waals surface area contributed by atoms with Gasteiger partial charge in [-0.3, -0.25) is 0 Å². The fraction of sp³-hybridized carbons (Fsp3) is 0.562. The molecule has 5 nitrogen and oxygen atoms in total. The summed E-state index contributed by atoms with van der Waals surface area (Å²) in [5.74, 6) is 0.268. The predicted octanol–water partition coefficient (Wildman–Crippen LogP) is 1.67. The minimum atomic E-state index is 0.0250. The molecule has 21 heavy (non-hydrogen) atoms. The second-order valence-electron chi connectivity index (χ2n) is 5.64. The van der Waals surface area contributed by atoms with Crippen molar-refractivity contribution in [3.63, 3.8) is 0 Å². The second kappa shape index (κ2) is 7.31.